The van der Waals surface area contributed by atoms with E-state index in [-0.39, 0.29) is 0 Å². The van der Waals surface area contributed by atoms with E-state index in [4.69, 9.17) is 9.26 Å². The van der Waals surface area contributed by atoms with Crippen LogP contribution in [0.2, 0.25) is 0 Å². The van der Waals surface area contributed by atoms with Gasteiger partial charge < -0.3 is 9.26 Å². The van der Waals surface area contributed by atoms with Gasteiger partial charge in [-0.3, -0.25) is 0 Å². The number of ether oxygens (including phenoxy) is 1. The van der Waals surface area contributed by atoms with Crippen LogP contribution in [0.3, 0.4) is 0 Å². The molecule has 0 saturated heterocycles. The van der Waals surface area contributed by atoms with Crippen molar-refractivity contribution in [3.05, 3.63) is 59.3 Å². The molecule has 0 radical (unpaired) electrons. The highest BCUT2D eigenvalue weighted by Crippen LogP contribution is 2.24. The molecule has 0 aliphatic heterocycles. The molecule has 3 rings (SSSR count). The highest BCUT2D eigenvalue weighted by Gasteiger charge is 2.08. The standard InChI is InChI=1S/C17H17NO2S/c1-12-3-2-4-13(9-12)11-19-14-5-6-15-16(7-8-21)18-20-17(15)10-14/h2-6,9-10,21H,7-8,11H2,1H3. The molecule has 0 aliphatic carbocycles. The van der Waals surface area contributed by atoms with Gasteiger partial charge in [-0.05, 0) is 30.4 Å². The van der Waals surface area contributed by atoms with Gasteiger partial charge in [-0.1, -0.05) is 35.0 Å². The van der Waals surface area contributed by atoms with Gasteiger partial charge >= 0.3 is 0 Å². The molecular formula is C17H17NO2S. The van der Waals surface area contributed by atoms with Crippen molar-refractivity contribution in [3.8, 4) is 5.75 Å². The molecule has 1 heterocycles. The fraction of sp³-hybridized carbons (Fsp3) is 0.235. The van der Waals surface area contributed by atoms with Crippen molar-refractivity contribution in [2.75, 3.05) is 5.75 Å². The summed E-state index contributed by atoms with van der Waals surface area (Å²) in [6.45, 7) is 2.62. The molecule has 3 aromatic rings. The molecule has 0 spiro atoms. The first-order valence-electron chi connectivity index (χ1n) is 6.94. The lowest BCUT2D eigenvalue weighted by Gasteiger charge is -2.06. The summed E-state index contributed by atoms with van der Waals surface area (Å²) in [4.78, 5) is 0. The van der Waals surface area contributed by atoms with Gasteiger partial charge in [0.2, 0.25) is 0 Å². The van der Waals surface area contributed by atoms with E-state index in [1.54, 1.807) is 0 Å². The third kappa shape index (κ3) is 3.22. The summed E-state index contributed by atoms with van der Waals surface area (Å²) in [5.74, 6) is 1.55. The lowest BCUT2D eigenvalue weighted by Crippen LogP contribution is -1.95. The van der Waals surface area contributed by atoms with Crippen LogP contribution in [0.25, 0.3) is 11.0 Å². The minimum Gasteiger partial charge on any atom is -0.489 e. The van der Waals surface area contributed by atoms with E-state index in [1.165, 1.54) is 5.56 Å². The molecule has 1 aromatic heterocycles. The molecule has 0 fully saturated rings. The summed E-state index contributed by atoms with van der Waals surface area (Å²) < 4.78 is 11.2. The number of aromatic nitrogens is 1. The first-order valence-corrected chi connectivity index (χ1v) is 7.57. The second-order valence-corrected chi connectivity index (χ2v) is 5.49. The Morgan fingerprint density at radius 1 is 1.19 bits per heavy atom. The van der Waals surface area contributed by atoms with Crippen LogP contribution in [-0.2, 0) is 13.0 Å². The molecule has 0 aliphatic rings. The number of fused-ring (bicyclic) bond motifs is 1. The fourth-order valence-electron chi connectivity index (χ4n) is 2.31. The molecule has 0 N–H and O–H groups in total. The normalized spacial score (nSPS) is 11.0. The summed E-state index contributed by atoms with van der Waals surface area (Å²) in [7, 11) is 0. The minimum atomic E-state index is 0.546. The minimum absolute atomic E-state index is 0.546. The van der Waals surface area contributed by atoms with Crippen molar-refractivity contribution < 1.29 is 9.26 Å². The molecule has 4 heteroatoms. The summed E-state index contributed by atoms with van der Waals surface area (Å²) in [6.07, 6.45) is 0.805. The SMILES string of the molecule is Cc1cccc(COc2ccc3c(CCS)noc3c2)c1. The third-order valence-corrected chi connectivity index (χ3v) is 3.58. The molecule has 2 aromatic carbocycles. The van der Waals surface area contributed by atoms with Crippen LogP contribution in [-0.4, -0.2) is 10.9 Å². The van der Waals surface area contributed by atoms with Crippen LogP contribution in [0, 0.1) is 6.92 Å². The molecule has 0 bridgehead atoms. The Morgan fingerprint density at radius 2 is 2.10 bits per heavy atom. The number of hydrogen-bond acceptors (Lipinski definition) is 4. The maximum absolute atomic E-state index is 5.82. The van der Waals surface area contributed by atoms with Crippen molar-refractivity contribution in [1.29, 1.82) is 0 Å². The Morgan fingerprint density at radius 3 is 2.90 bits per heavy atom. The Labute approximate surface area is 129 Å². The van der Waals surface area contributed by atoms with Gasteiger partial charge in [0.15, 0.2) is 5.58 Å². The average molecular weight is 299 g/mol. The van der Waals surface area contributed by atoms with Crippen LogP contribution in [0.15, 0.2) is 47.0 Å². The van der Waals surface area contributed by atoms with Gasteiger partial charge in [0, 0.05) is 17.9 Å². The van der Waals surface area contributed by atoms with Gasteiger partial charge in [0.25, 0.3) is 0 Å². The van der Waals surface area contributed by atoms with Gasteiger partial charge in [-0.2, -0.15) is 12.6 Å². The third-order valence-electron chi connectivity index (χ3n) is 3.35. The predicted molar refractivity (Wildman–Crippen MR) is 87.1 cm³/mol. The first kappa shape index (κ1) is 14.0. The van der Waals surface area contributed by atoms with Gasteiger partial charge in [-0.25, -0.2) is 0 Å². The van der Waals surface area contributed by atoms with Gasteiger partial charge in [0.1, 0.15) is 12.4 Å². The van der Waals surface area contributed by atoms with E-state index in [9.17, 15) is 0 Å². The van der Waals surface area contributed by atoms with Crippen LogP contribution in [0.5, 0.6) is 5.75 Å². The maximum Gasteiger partial charge on any atom is 0.170 e. The van der Waals surface area contributed by atoms with Crippen molar-refractivity contribution in [1.82, 2.24) is 5.16 Å². The smallest absolute Gasteiger partial charge is 0.170 e. The number of thiol groups is 1. The fourth-order valence-corrected chi connectivity index (χ4v) is 2.53. The highest BCUT2D eigenvalue weighted by molar-refractivity contribution is 7.80. The van der Waals surface area contributed by atoms with Crippen LogP contribution in [0.4, 0.5) is 0 Å². The maximum atomic E-state index is 5.82. The summed E-state index contributed by atoms with van der Waals surface area (Å²) >= 11 is 4.23. The lowest BCUT2D eigenvalue weighted by atomic mass is 10.1. The molecule has 3 nitrogen and oxygen atoms in total. The quantitative estimate of drug-likeness (QED) is 0.718. The van der Waals surface area contributed by atoms with E-state index in [2.05, 4.69) is 42.9 Å². The molecule has 0 unspecified atom stereocenters. The summed E-state index contributed by atoms with van der Waals surface area (Å²) in [6, 6.07) is 14.1. The lowest BCUT2D eigenvalue weighted by molar-refractivity contribution is 0.306. The Bertz CT molecular complexity index is 751. The van der Waals surface area contributed by atoms with Crippen molar-refractivity contribution in [2.45, 2.75) is 20.0 Å². The second-order valence-electron chi connectivity index (χ2n) is 5.04. The van der Waals surface area contributed by atoms with E-state index in [1.807, 2.05) is 24.3 Å². The summed E-state index contributed by atoms with van der Waals surface area (Å²) in [5, 5.41) is 5.11. The van der Waals surface area contributed by atoms with E-state index in [0.717, 1.165) is 40.1 Å². The largest absolute Gasteiger partial charge is 0.489 e. The number of nitrogens with zero attached hydrogens (tertiary/aromatic N) is 1. The monoisotopic (exact) mass is 299 g/mol. The zero-order valence-corrected chi connectivity index (χ0v) is 12.8. The number of benzene rings is 2. The molecular weight excluding hydrogens is 282 g/mol. The van der Waals surface area contributed by atoms with Crippen LogP contribution < -0.4 is 4.74 Å². The Balaban J connectivity index is 1.75. The molecule has 0 amide bonds. The van der Waals surface area contributed by atoms with Gasteiger partial charge in [0.05, 0.1) is 5.69 Å². The van der Waals surface area contributed by atoms with E-state index < -0.39 is 0 Å². The summed E-state index contributed by atoms with van der Waals surface area (Å²) in [5.41, 5.74) is 4.10. The van der Waals surface area contributed by atoms with E-state index in [0.29, 0.717) is 6.61 Å². The van der Waals surface area contributed by atoms with Crippen LogP contribution >= 0.6 is 12.6 Å². The van der Waals surface area contributed by atoms with E-state index >= 15 is 0 Å². The number of hydrogen-bond donors (Lipinski definition) is 1. The predicted octanol–water partition coefficient (Wildman–Crippen LogP) is 4.19. The van der Waals surface area contributed by atoms with Crippen molar-refractivity contribution >= 4 is 23.6 Å². The number of aryl methyl sites for hydroxylation is 2. The molecule has 21 heavy (non-hydrogen) atoms. The Kier molecular flexibility index (Phi) is 4.15. The molecule has 0 saturated carbocycles. The van der Waals surface area contributed by atoms with Crippen molar-refractivity contribution in [3.63, 3.8) is 0 Å². The zero-order chi connectivity index (χ0) is 14.7. The second kappa shape index (κ2) is 6.22. The van der Waals surface area contributed by atoms with Crippen LogP contribution in [0.1, 0.15) is 16.8 Å². The average Bonchev–Trinajstić information content (AvgIpc) is 2.88. The topological polar surface area (TPSA) is 35.3 Å². The molecule has 108 valence electrons. The first-order chi connectivity index (χ1) is 10.3. The van der Waals surface area contributed by atoms with Gasteiger partial charge in [-0.15, -0.1) is 0 Å². The van der Waals surface area contributed by atoms with Crippen molar-refractivity contribution in [2.24, 2.45) is 0 Å². The number of rotatable bonds is 5. The molecule has 0 atom stereocenters. The zero-order valence-electron chi connectivity index (χ0n) is 11.9. The highest BCUT2D eigenvalue weighted by atomic mass is 32.1. The Hall–Kier alpha value is -1.94.